The van der Waals surface area contributed by atoms with Gasteiger partial charge in [-0.25, -0.2) is 0 Å². The van der Waals surface area contributed by atoms with Crippen LogP contribution in [0.2, 0.25) is 5.02 Å². The van der Waals surface area contributed by atoms with Crippen molar-refractivity contribution in [1.29, 1.82) is 0 Å². The van der Waals surface area contributed by atoms with Gasteiger partial charge in [0.05, 0.1) is 16.4 Å². The molecule has 0 spiro atoms. The predicted octanol–water partition coefficient (Wildman–Crippen LogP) is 2.88. The van der Waals surface area contributed by atoms with Crippen LogP contribution in [0.25, 0.3) is 0 Å². The van der Waals surface area contributed by atoms with Crippen molar-refractivity contribution in [3.8, 4) is 0 Å². The number of rotatable bonds is 5. The number of pyridine rings is 1. The molecule has 0 saturated carbocycles. The van der Waals surface area contributed by atoms with Crippen LogP contribution < -0.4 is 5.32 Å². The van der Waals surface area contributed by atoms with Crippen LogP contribution in [0.3, 0.4) is 0 Å². The molecule has 2 aromatic heterocycles. The van der Waals surface area contributed by atoms with Crippen LogP contribution in [0.5, 0.6) is 0 Å². The highest BCUT2D eigenvalue weighted by molar-refractivity contribution is 6.31. The van der Waals surface area contributed by atoms with Crippen LogP contribution >= 0.6 is 11.6 Å². The van der Waals surface area contributed by atoms with E-state index in [0.29, 0.717) is 6.54 Å². The van der Waals surface area contributed by atoms with Crippen molar-refractivity contribution in [2.75, 3.05) is 0 Å². The molecule has 0 fully saturated rings. The molecule has 0 aromatic carbocycles. The lowest BCUT2D eigenvalue weighted by atomic mass is 10.1. The summed E-state index contributed by atoms with van der Waals surface area (Å²) in [6.45, 7) is 4.89. The molecule has 0 aliphatic heterocycles. The molecular weight excluding hydrogens is 260 g/mol. The van der Waals surface area contributed by atoms with E-state index in [-0.39, 0.29) is 6.04 Å². The molecule has 2 heterocycles. The molecule has 2 aromatic rings. The third kappa shape index (κ3) is 3.14. The van der Waals surface area contributed by atoms with Gasteiger partial charge < -0.3 is 5.32 Å². The molecule has 19 heavy (non-hydrogen) atoms. The first-order chi connectivity index (χ1) is 9.13. The average molecular weight is 279 g/mol. The van der Waals surface area contributed by atoms with E-state index in [0.717, 1.165) is 22.8 Å². The second-order valence-corrected chi connectivity index (χ2v) is 4.95. The normalized spacial score (nSPS) is 12.6. The van der Waals surface area contributed by atoms with Crippen LogP contribution in [-0.4, -0.2) is 14.8 Å². The molecule has 0 aliphatic rings. The molecule has 2 rings (SSSR count). The summed E-state index contributed by atoms with van der Waals surface area (Å²) < 4.78 is 1.85. The number of aromatic nitrogens is 3. The van der Waals surface area contributed by atoms with Crippen molar-refractivity contribution < 1.29 is 0 Å². The Morgan fingerprint density at radius 2 is 2.05 bits per heavy atom. The standard InChI is InChI=1S/C14H19ClN4/c1-4-12-14(15)13(19(3)18-12)9-17-10(2)11-5-7-16-8-6-11/h5-8,10,17H,4,9H2,1-3H3/t10-/m1/s1. The second kappa shape index (κ2) is 6.17. The first-order valence-electron chi connectivity index (χ1n) is 6.47. The molecule has 5 heteroatoms. The average Bonchev–Trinajstić information content (AvgIpc) is 2.72. The molecule has 1 N–H and O–H groups in total. The smallest absolute Gasteiger partial charge is 0.0863 e. The molecule has 0 aliphatic carbocycles. The van der Waals surface area contributed by atoms with Crippen LogP contribution in [0, 0.1) is 0 Å². The van der Waals surface area contributed by atoms with Crippen molar-refractivity contribution in [3.05, 3.63) is 46.5 Å². The van der Waals surface area contributed by atoms with Crippen molar-refractivity contribution in [3.63, 3.8) is 0 Å². The van der Waals surface area contributed by atoms with Gasteiger partial charge in [0.1, 0.15) is 0 Å². The zero-order valence-electron chi connectivity index (χ0n) is 11.5. The minimum atomic E-state index is 0.249. The third-order valence-corrected chi connectivity index (χ3v) is 3.72. The Morgan fingerprint density at radius 1 is 1.37 bits per heavy atom. The summed E-state index contributed by atoms with van der Waals surface area (Å²) in [5.41, 5.74) is 3.20. The van der Waals surface area contributed by atoms with Gasteiger partial charge in [0.15, 0.2) is 0 Å². The highest BCUT2D eigenvalue weighted by Gasteiger charge is 2.13. The Morgan fingerprint density at radius 3 is 2.63 bits per heavy atom. The number of halogens is 1. The van der Waals surface area contributed by atoms with E-state index >= 15 is 0 Å². The summed E-state index contributed by atoms with van der Waals surface area (Å²) in [6, 6.07) is 4.28. The lowest BCUT2D eigenvalue weighted by molar-refractivity contribution is 0.547. The minimum Gasteiger partial charge on any atom is -0.305 e. The monoisotopic (exact) mass is 278 g/mol. The van der Waals surface area contributed by atoms with Crippen LogP contribution in [0.15, 0.2) is 24.5 Å². The number of nitrogens with zero attached hydrogens (tertiary/aromatic N) is 3. The first kappa shape index (κ1) is 14.0. The Labute approximate surface area is 118 Å². The van der Waals surface area contributed by atoms with E-state index in [1.165, 1.54) is 5.56 Å². The number of hydrogen-bond donors (Lipinski definition) is 1. The predicted molar refractivity (Wildman–Crippen MR) is 77.1 cm³/mol. The summed E-state index contributed by atoms with van der Waals surface area (Å²) in [6.07, 6.45) is 4.46. The molecule has 4 nitrogen and oxygen atoms in total. The molecular formula is C14H19ClN4. The first-order valence-corrected chi connectivity index (χ1v) is 6.84. The van der Waals surface area contributed by atoms with Gasteiger partial charge in [-0.15, -0.1) is 0 Å². The van der Waals surface area contributed by atoms with Crippen molar-refractivity contribution in [2.24, 2.45) is 7.05 Å². The van der Waals surface area contributed by atoms with Gasteiger partial charge in [-0.1, -0.05) is 18.5 Å². The van der Waals surface area contributed by atoms with Crippen molar-refractivity contribution in [1.82, 2.24) is 20.1 Å². The van der Waals surface area contributed by atoms with Crippen LogP contribution in [0.1, 0.15) is 36.8 Å². The van der Waals surface area contributed by atoms with Gasteiger partial charge in [0.2, 0.25) is 0 Å². The van der Waals surface area contributed by atoms with E-state index in [1.54, 1.807) is 12.4 Å². The van der Waals surface area contributed by atoms with Crippen LogP contribution in [0.4, 0.5) is 0 Å². The topological polar surface area (TPSA) is 42.7 Å². The van der Waals surface area contributed by atoms with Gasteiger partial charge in [-0.05, 0) is 31.0 Å². The molecule has 1 atom stereocenters. The minimum absolute atomic E-state index is 0.249. The molecule has 0 radical (unpaired) electrons. The van der Waals surface area contributed by atoms with Gasteiger partial charge in [0, 0.05) is 32.0 Å². The maximum atomic E-state index is 6.33. The van der Waals surface area contributed by atoms with E-state index in [1.807, 2.05) is 23.9 Å². The van der Waals surface area contributed by atoms with Gasteiger partial charge in [0.25, 0.3) is 0 Å². The molecule has 0 amide bonds. The highest BCUT2D eigenvalue weighted by Crippen LogP contribution is 2.21. The third-order valence-electron chi connectivity index (χ3n) is 3.28. The van der Waals surface area contributed by atoms with Gasteiger partial charge >= 0.3 is 0 Å². The van der Waals surface area contributed by atoms with Crippen molar-refractivity contribution in [2.45, 2.75) is 32.9 Å². The lowest BCUT2D eigenvalue weighted by Crippen LogP contribution is -2.20. The number of nitrogens with one attached hydrogen (secondary N) is 1. The number of aryl methyl sites for hydroxylation is 2. The zero-order chi connectivity index (χ0) is 13.8. The Kier molecular flexibility index (Phi) is 4.56. The maximum Gasteiger partial charge on any atom is 0.0863 e. The summed E-state index contributed by atoms with van der Waals surface area (Å²) in [5.74, 6) is 0. The fourth-order valence-corrected chi connectivity index (χ4v) is 2.39. The zero-order valence-corrected chi connectivity index (χ0v) is 12.3. The molecule has 102 valence electrons. The Balaban J connectivity index is 2.05. The van der Waals surface area contributed by atoms with Crippen molar-refractivity contribution >= 4 is 11.6 Å². The largest absolute Gasteiger partial charge is 0.305 e. The van der Waals surface area contributed by atoms with E-state index in [2.05, 4.69) is 29.2 Å². The fraction of sp³-hybridized carbons (Fsp3) is 0.429. The number of hydrogen-bond acceptors (Lipinski definition) is 3. The summed E-state index contributed by atoms with van der Waals surface area (Å²) in [4.78, 5) is 4.03. The molecule has 0 unspecified atom stereocenters. The highest BCUT2D eigenvalue weighted by atomic mass is 35.5. The van der Waals surface area contributed by atoms with Gasteiger partial charge in [-0.2, -0.15) is 5.10 Å². The summed E-state index contributed by atoms with van der Waals surface area (Å²) in [5, 5.41) is 8.65. The fourth-order valence-electron chi connectivity index (χ4n) is 2.03. The Bertz CT molecular complexity index is 536. The Hall–Kier alpha value is -1.39. The van der Waals surface area contributed by atoms with E-state index < -0.39 is 0 Å². The quantitative estimate of drug-likeness (QED) is 0.914. The summed E-state index contributed by atoms with van der Waals surface area (Å²) >= 11 is 6.33. The lowest BCUT2D eigenvalue weighted by Gasteiger charge is -2.14. The van der Waals surface area contributed by atoms with Crippen LogP contribution in [-0.2, 0) is 20.0 Å². The molecule has 0 saturated heterocycles. The molecule has 0 bridgehead atoms. The summed E-state index contributed by atoms with van der Waals surface area (Å²) in [7, 11) is 1.93. The van der Waals surface area contributed by atoms with E-state index in [4.69, 9.17) is 11.6 Å². The second-order valence-electron chi connectivity index (χ2n) is 4.57. The SMILES string of the molecule is CCc1nn(C)c(CN[C@H](C)c2ccncc2)c1Cl. The van der Waals surface area contributed by atoms with Gasteiger partial charge in [-0.3, -0.25) is 9.67 Å². The maximum absolute atomic E-state index is 6.33. The van der Waals surface area contributed by atoms with E-state index in [9.17, 15) is 0 Å².